The van der Waals surface area contributed by atoms with Crippen LogP contribution in [0.25, 0.3) is 0 Å². The van der Waals surface area contributed by atoms with Gasteiger partial charge in [-0.25, -0.2) is 0 Å². The number of aryl methyl sites for hydroxylation is 1. The molecule has 20 heavy (non-hydrogen) atoms. The summed E-state index contributed by atoms with van der Waals surface area (Å²) in [5, 5.41) is 9.77. The molecule has 1 N–H and O–H groups in total. The molecule has 1 heterocycles. The number of phenols is 1. The lowest BCUT2D eigenvalue weighted by molar-refractivity contribution is 0.111. The fourth-order valence-electron chi connectivity index (χ4n) is 3.97. The molecular formula is C17H26BrNO. The second kappa shape index (κ2) is 6.95. The van der Waals surface area contributed by atoms with Crippen molar-refractivity contribution in [2.45, 2.75) is 57.4 Å². The van der Waals surface area contributed by atoms with Crippen LogP contribution in [-0.2, 0) is 6.42 Å². The van der Waals surface area contributed by atoms with Crippen LogP contribution in [0.1, 0.15) is 56.1 Å². The molecule has 0 spiro atoms. The predicted molar refractivity (Wildman–Crippen MR) is 89.0 cm³/mol. The maximum Gasteiger partial charge on any atom is 0.115 e. The number of hydrogen-bond donors (Lipinski definition) is 1. The van der Waals surface area contributed by atoms with E-state index in [0.717, 1.165) is 6.04 Å². The Morgan fingerprint density at radius 3 is 2.95 bits per heavy atom. The molecular weight excluding hydrogens is 314 g/mol. The molecule has 0 aromatic heterocycles. The molecule has 1 aliphatic heterocycles. The Balaban J connectivity index is 0.00000147. The van der Waals surface area contributed by atoms with Crippen LogP contribution in [0.3, 0.4) is 0 Å². The van der Waals surface area contributed by atoms with Gasteiger partial charge in [-0.05, 0) is 74.4 Å². The second-order valence-electron chi connectivity index (χ2n) is 6.13. The van der Waals surface area contributed by atoms with E-state index < -0.39 is 0 Å². The zero-order chi connectivity index (χ0) is 13.2. The van der Waals surface area contributed by atoms with E-state index in [-0.39, 0.29) is 17.0 Å². The molecule has 2 nitrogen and oxygen atoms in total. The Labute approximate surface area is 133 Å². The summed E-state index contributed by atoms with van der Waals surface area (Å²) in [7, 11) is 0. The quantitative estimate of drug-likeness (QED) is 0.889. The average Bonchev–Trinajstić information content (AvgIpc) is 2.44. The van der Waals surface area contributed by atoms with Crippen molar-refractivity contribution in [3.8, 4) is 5.75 Å². The highest BCUT2D eigenvalue weighted by Gasteiger charge is 2.35. The SMILES string of the molecule is Br.CCCCN1CCCC2c3cc(O)ccc3CC[C@H]21. The molecule has 1 saturated heterocycles. The van der Waals surface area contributed by atoms with Crippen molar-refractivity contribution >= 4 is 17.0 Å². The van der Waals surface area contributed by atoms with Gasteiger partial charge in [0.1, 0.15) is 5.75 Å². The van der Waals surface area contributed by atoms with Gasteiger partial charge in [-0.3, -0.25) is 4.90 Å². The van der Waals surface area contributed by atoms with Crippen molar-refractivity contribution < 1.29 is 5.11 Å². The molecule has 1 fully saturated rings. The van der Waals surface area contributed by atoms with E-state index in [1.165, 1.54) is 62.7 Å². The fraction of sp³-hybridized carbons (Fsp3) is 0.647. The van der Waals surface area contributed by atoms with Crippen molar-refractivity contribution in [3.05, 3.63) is 29.3 Å². The molecule has 2 atom stereocenters. The van der Waals surface area contributed by atoms with Crippen molar-refractivity contribution in [3.63, 3.8) is 0 Å². The number of unbranched alkanes of at least 4 members (excludes halogenated alkanes) is 1. The molecule has 1 aromatic carbocycles. The topological polar surface area (TPSA) is 23.5 Å². The lowest BCUT2D eigenvalue weighted by Gasteiger charge is -2.45. The van der Waals surface area contributed by atoms with Crippen LogP contribution in [-0.4, -0.2) is 29.1 Å². The number of phenolic OH excluding ortho intramolecular Hbond substituents is 1. The van der Waals surface area contributed by atoms with Crippen molar-refractivity contribution in [1.82, 2.24) is 4.90 Å². The third kappa shape index (κ3) is 3.04. The number of rotatable bonds is 3. The van der Waals surface area contributed by atoms with Gasteiger partial charge in [0.05, 0.1) is 0 Å². The van der Waals surface area contributed by atoms with E-state index in [1.807, 2.05) is 12.1 Å². The van der Waals surface area contributed by atoms with Gasteiger partial charge in [0, 0.05) is 6.04 Å². The van der Waals surface area contributed by atoms with Crippen LogP contribution >= 0.6 is 17.0 Å². The minimum atomic E-state index is 0. The zero-order valence-electron chi connectivity index (χ0n) is 12.3. The maximum atomic E-state index is 9.77. The fourth-order valence-corrected chi connectivity index (χ4v) is 3.97. The Morgan fingerprint density at radius 2 is 2.15 bits per heavy atom. The van der Waals surface area contributed by atoms with E-state index >= 15 is 0 Å². The summed E-state index contributed by atoms with van der Waals surface area (Å²) in [6, 6.07) is 6.72. The number of hydrogen-bond acceptors (Lipinski definition) is 2. The summed E-state index contributed by atoms with van der Waals surface area (Å²) in [5.41, 5.74) is 2.90. The van der Waals surface area contributed by atoms with E-state index in [9.17, 15) is 5.11 Å². The first-order chi connectivity index (χ1) is 9.29. The van der Waals surface area contributed by atoms with Gasteiger partial charge in [-0.2, -0.15) is 0 Å². The number of likely N-dealkylation sites (tertiary alicyclic amines) is 1. The Hall–Kier alpha value is -0.540. The number of nitrogens with zero attached hydrogens (tertiary/aromatic N) is 1. The lowest BCUT2D eigenvalue weighted by atomic mass is 9.74. The van der Waals surface area contributed by atoms with Gasteiger partial charge in [0.2, 0.25) is 0 Å². The minimum absolute atomic E-state index is 0. The smallest absolute Gasteiger partial charge is 0.115 e. The van der Waals surface area contributed by atoms with E-state index in [4.69, 9.17) is 0 Å². The van der Waals surface area contributed by atoms with Gasteiger partial charge in [-0.15, -0.1) is 17.0 Å². The molecule has 3 heteroatoms. The van der Waals surface area contributed by atoms with Gasteiger partial charge >= 0.3 is 0 Å². The maximum absolute atomic E-state index is 9.77. The normalized spacial score (nSPS) is 25.4. The van der Waals surface area contributed by atoms with Gasteiger partial charge < -0.3 is 5.11 Å². The van der Waals surface area contributed by atoms with Crippen molar-refractivity contribution in [2.75, 3.05) is 13.1 Å². The molecule has 0 radical (unpaired) electrons. The van der Waals surface area contributed by atoms with Crippen LogP contribution in [0.4, 0.5) is 0 Å². The first-order valence-electron chi connectivity index (χ1n) is 7.85. The van der Waals surface area contributed by atoms with Gasteiger partial charge in [0.15, 0.2) is 0 Å². The number of halogens is 1. The summed E-state index contributed by atoms with van der Waals surface area (Å²) < 4.78 is 0. The Kier molecular flexibility index (Phi) is 5.50. The van der Waals surface area contributed by atoms with E-state index in [1.54, 1.807) is 0 Å². The number of aromatic hydroxyl groups is 1. The number of benzene rings is 1. The van der Waals surface area contributed by atoms with Crippen LogP contribution in [0.15, 0.2) is 18.2 Å². The van der Waals surface area contributed by atoms with Crippen LogP contribution in [0.2, 0.25) is 0 Å². The largest absolute Gasteiger partial charge is 0.508 e. The zero-order valence-corrected chi connectivity index (χ0v) is 14.1. The van der Waals surface area contributed by atoms with Crippen LogP contribution < -0.4 is 0 Å². The summed E-state index contributed by atoms with van der Waals surface area (Å²) in [6.45, 7) is 4.80. The highest BCUT2D eigenvalue weighted by Crippen LogP contribution is 2.41. The average molecular weight is 340 g/mol. The summed E-state index contributed by atoms with van der Waals surface area (Å²) in [6.07, 6.45) is 7.68. The van der Waals surface area contributed by atoms with Gasteiger partial charge in [-0.1, -0.05) is 19.4 Å². The standard InChI is InChI=1S/C17H25NO.BrH/c1-2-3-10-18-11-4-5-15-16-12-14(19)8-6-13(16)7-9-17(15)18;/h6,8,12,15,17,19H,2-5,7,9-11H2,1H3;1H/t15?,17-;/m1./s1. The first kappa shape index (κ1) is 15.8. The van der Waals surface area contributed by atoms with Crippen molar-refractivity contribution in [1.29, 1.82) is 0 Å². The lowest BCUT2D eigenvalue weighted by Crippen LogP contribution is -2.46. The molecule has 0 saturated carbocycles. The minimum Gasteiger partial charge on any atom is -0.508 e. The predicted octanol–water partition coefficient (Wildman–Crippen LogP) is 4.26. The Morgan fingerprint density at radius 1 is 1.30 bits per heavy atom. The molecule has 0 bridgehead atoms. The summed E-state index contributed by atoms with van der Waals surface area (Å²) >= 11 is 0. The second-order valence-corrected chi connectivity index (χ2v) is 6.13. The van der Waals surface area contributed by atoms with Crippen molar-refractivity contribution in [2.24, 2.45) is 0 Å². The molecule has 1 unspecified atom stereocenters. The summed E-state index contributed by atoms with van der Waals surface area (Å²) in [4.78, 5) is 2.71. The molecule has 1 aromatic rings. The first-order valence-corrected chi connectivity index (χ1v) is 7.85. The molecule has 0 amide bonds. The van der Waals surface area contributed by atoms with E-state index in [2.05, 4.69) is 17.9 Å². The number of piperidine rings is 1. The third-order valence-corrected chi connectivity index (χ3v) is 4.93. The Bertz CT molecular complexity index is 449. The monoisotopic (exact) mass is 339 g/mol. The van der Waals surface area contributed by atoms with E-state index in [0.29, 0.717) is 11.7 Å². The molecule has 1 aliphatic carbocycles. The summed E-state index contributed by atoms with van der Waals surface area (Å²) in [5.74, 6) is 1.09. The molecule has 2 aliphatic rings. The van der Waals surface area contributed by atoms with Crippen LogP contribution in [0, 0.1) is 0 Å². The third-order valence-electron chi connectivity index (χ3n) is 4.93. The number of fused-ring (bicyclic) bond motifs is 3. The molecule has 112 valence electrons. The van der Waals surface area contributed by atoms with Gasteiger partial charge in [0.25, 0.3) is 0 Å². The molecule has 3 rings (SSSR count). The highest BCUT2D eigenvalue weighted by atomic mass is 79.9. The van der Waals surface area contributed by atoms with Crippen LogP contribution in [0.5, 0.6) is 5.75 Å². The highest BCUT2D eigenvalue weighted by molar-refractivity contribution is 8.93.